The average Bonchev–Trinajstić information content (AvgIpc) is 3.03. The van der Waals surface area contributed by atoms with Crippen LogP contribution in [0.25, 0.3) is 0 Å². The molecular weight excluding hydrogens is 289 g/mol. The van der Waals surface area contributed by atoms with Gasteiger partial charge in [-0.2, -0.15) is 0 Å². The molecule has 0 spiro atoms. The number of alkyl halides is 3. The number of aromatic nitrogens is 1. The minimum absolute atomic E-state index is 0.274. The summed E-state index contributed by atoms with van der Waals surface area (Å²) >= 11 is -0.386. The molecule has 2 unspecified atom stereocenters. The summed E-state index contributed by atoms with van der Waals surface area (Å²) < 4.78 is 3.76. The van der Waals surface area contributed by atoms with Crippen LogP contribution in [0, 0.1) is 0 Å². The van der Waals surface area contributed by atoms with E-state index in [9.17, 15) is 5.11 Å². The predicted octanol–water partition coefficient (Wildman–Crippen LogP) is 2.00. The molecule has 14 heavy (non-hydrogen) atoms. The molecule has 3 heterocycles. The quantitative estimate of drug-likeness (QED) is 0.636. The average molecular weight is 301 g/mol. The van der Waals surface area contributed by atoms with Crippen molar-refractivity contribution in [3.63, 3.8) is 0 Å². The van der Waals surface area contributed by atoms with Crippen LogP contribution < -0.4 is 0 Å². The zero-order valence-electron chi connectivity index (χ0n) is 7.78. The number of halogens is 1. The predicted molar refractivity (Wildman–Crippen MR) is 62.9 cm³/mol. The molecule has 2 saturated heterocycles. The second-order valence-electron chi connectivity index (χ2n) is 4.33. The molecule has 4 rings (SSSR count). The first-order valence-electron chi connectivity index (χ1n) is 5.15. The monoisotopic (exact) mass is 301 g/mol. The maximum absolute atomic E-state index is 9.74. The van der Waals surface area contributed by atoms with Gasteiger partial charge in [-0.3, -0.25) is 0 Å². The van der Waals surface area contributed by atoms with E-state index in [0.29, 0.717) is 0 Å². The number of hydrogen-bond acceptors (Lipinski definition) is 2. The van der Waals surface area contributed by atoms with Crippen LogP contribution in [0.3, 0.4) is 0 Å². The molecule has 0 saturated carbocycles. The molecule has 2 nitrogen and oxygen atoms in total. The van der Waals surface area contributed by atoms with E-state index in [4.69, 9.17) is 0 Å². The second kappa shape index (κ2) is 2.50. The first-order chi connectivity index (χ1) is 6.86. The number of rotatable bonds is 1. The Balaban J connectivity index is 1.83. The van der Waals surface area contributed by atoms with Crippen molar-refractivity contribution in [1.82, 2.24) is 4.98 Å². The fourth-order valence-electron chi connectivity index (χ4n) is 2.58. The SMILES string of the molecule is O[C@@H]1CCc2c(C3C4CI43)ccnc21. The molecule has 0 amide bonds. The van der Waals surface area contributed by atoms with Gasteiger partial charge in [0.15, 0.2) is 0 Å². The fourth-order valence-corrected chi connectivity index (χ4v) is 9.70. The van der Waals surface area contributed by atoms with Gasteiger partial charge in [-0.15, -0.1) is 0 Å². The third-order valence-electron chi connectivity index (χ3n) is 3.54. The summed E-state index contributed by atoms with van der Waals surface area (Å²) in [5.41, 5.74) is 3.98. The summed E-state index contributed by atoms with van der Waals surface area (Å²) in [7, 11) is 0. The number of nitrogens with zero attached hydrogens (tertiary/aromatic N) is 1. The first kappa shape index (κ1) is 8.05. The summed E-state index contributed by atoms with van der Waals surface area (Å²) in [6.07, 6.45) is 3.58. The molecule has 3 atom stereocenters. The minimum atomic E-state index is -0.386. The van der Waals surface area contributed by atoms with Crippen LogP contribution in [0.1, 0.15) is 33.3 Å². The van der Waals surface area contributed by atoms with Gasteiger partial charge in [0.25, 0.3) is 0 Å². The Morgan fingerprint density at radius 3 is 3.07 bits per heavy atom. The standard InChI is InChI=1S/C11H12INO/c14-9-2-1-7-6(3-4-13-11(7)9)10-8-5-12(8)10/h3-4,8-10,14H,1-2,5H2/t8?,9-,10?/m1/s1. The van der Waals surface area contributed by atoms with Gasteiger partial charge >= 0.3 is 90.2 Å². The summed E-state index contributed by atoms with van der Waals surface area (Å²) in [5.74, 6) is 0. The van der Waals surface area contributed by atoms with E-state index < -0.39 is 0 Å². The van der Waals surface area contributed by atoms with Gasteiger partial charge in [-0.1, -0.05) is 0 Å². The van der Waals surface area contributed by atoms with E-state index in [1.165, 1.54) is 5.56 Å². The van der Waals surface area contributed by atoms with Crippen molar-refractivity contribution in [3.8, 4) is 0 Å². The van der Waals surface area contributed by atoms with Gasteiger partial charge in [0, 0.05) is 0 Å². The van der Waals surface area contributed by atoms with E-state index in [-0.39, 0.29) is 25.9 Å². The molecule has 1 N–H and O–H groups in total. The Morgan fingerprint density at radius 2 is 2.36 bits per heavy atom. The van der Waals surface area contributed by atoms with Crippen molar-refractivity contribution < 1.29 is 5.11 Å². The van der Waals surface area contributed by atoms with Crippen LogP contribution in [-0.2, 0) is 6.42 Å². The Morgan fingerprint density at radius 1 is 1.50 bits per heavy atom. The van der Waals surface area contributed by atoms with E-state index in [1.54, 1.807) is 9.99 Å². The number of pyridine rings is 1. The van der Waals surface area contributed by atoms with E-state index in [0.717, 1.165) is 26.4 Å². The fraction of sp³-hybridized carbons (Fsp3) is 0.545. The third kappa shape index (κ3) is 0.922. The van der Waals surface area contributed by atoms with Gasteiger partial charge in [-0.05, 0) is 0 Å². The Hall–Kier alpha value is -0.160. The van der Waals surface area contributed by atoms with E-state index in [2.05, 4.69) is 11.1 Å². The maximum atomic E-state index is 9.74. The molecule has 74 valence electrons. The van der Waals surface area contributed by atoms with Crippen molar-refractivity contribution >= 4 is 19.8 Å². The Bertz CT molecular complexity index is 412. The Labute approximate surface area is 90.1 Å². The normalized spacial score (nSPS) is 39.2. The molecule has 1 aromatic rings. The number of hydrogen-bond donors (Lipinski definition) is 1. The van der Waals surface area contributed by atoms with Crippen LogP contribution in [0.2, 0.25) is 0 Å². The van der Waals surface area contributed by atoms with Gasteiger partial charge in [0.2, 0.25) is 0 Å². The van der Waals surface area contributed by atoms with Gasteiger partial charge in [-0.25, -0.2) is 0 Å². The molecule has 3 aliphatic rings. The van der Waals surface area contributed by atoms with E-state index in [1.807, 2.05) is 6.20 Å². The summed E-state index contributed by atoms with van der Waals surface area (Å²) in [6.45, 7) is 0. The van der Waals surface area contributed by atoms with Crippen molar-refractivity contribution in [3.05, 3.63) is 29.1 Å². The number of aliphatic hydroxyl groups excluding tert-OH is 1. The third-order valence-corrected chi connectivity index (χ3v) is 10.0. The van der Waals surface area contributed by atoms with Crippen molar-refractivity contribution in [2.45, 2.75) is 26.8 Å². The van der Waals surface area contributed by atoms with Crippen LogP contribution in [0.15, 0.2) is 12.3 Å². The molecule has 1 aliphatic carbocycles. The molecule has 3 heteroatoms. The van der Waals surface area contributed by atoms with Crippen LogP contribution in [0.4, 0.5) is 0 Å². The summed E-state index contributed by atoms with van der Waals surface area (Å²) in [5, 5.41) is 9.74. The van der Waals surface area contributed by atoms with E-state index >= 15 is 0 Å². The van der Waals surface area contributed by atoms with Gasteiger partial charge in [0.05, 0.1) is 0 Å². The van der Waals surface area contributed by atoms with Crippen molar-refractivity contribution in [1.29, 1.82) is 0 Å². The molecule has 0 aromatic carbocycles. The van der Waals surface area contributed by atoms with Crippen molar-refractivity contribution in [2.24, 2.45) is 0 Å². The molecule has 0 radical (unpaired) electrons. The van der Waals surface area contributed by atoms with Gasteiger partial charge in [0.1, 0.15) is 0 Å². The number of fused-ring (bicyclic) bond motifs is 2. The molecule has 0 bridgehead atoms. The van der Waals surface area contributed by atoms with Crippen molar-refractivity contribution in [2.75, 3.05) is 4.43 Å². The first-order valence-corrected chi connectivity index (χ1v) is 9.16. The molecule has 2 fully saturated rings. The van der Waals surface area contributed by atoms with Crippen LogP contribution >= 0.6 is 19.8 Å². The summed E-state index contributed by atoms with van der Waals surface area (Å²) in [4.78, 5) is 4.32. The Kier molecular flexibility index (Phi) is 1.44. The van der Waals surface area contributed by atoms with Gasteiger partial charge < -0.3 is 0 Å². The zero-order valence-corrected chi connectivity index (χ0v) is 9.94. The van der Waals surface area contributed by atoms with Crippen LogP contribution in [0.5, 0.6) is 0 Å². The zero-order chi connectivity index (χ0) is 9.28. The molecular formula is C11H12INO. The second-order valence-corrected chi connectivity index (χ2v) is 10.6. The number of aliphatic hydroxyl groups is 1. The summed E-state index contributed by atoms with van der Waals surface area (Å²) in [6, 6.07) is 2.21. The topological polar surface area (TPSA) is 33.1 Å². The van der Waals surface area contributed by atoms with Crippen LogP contribution in [-0.4, -0.2) is 18.4 Å². The molecule has 1 aromatic heterocycles. The molecule has 2 aliphatic heterocycles.